The van der Waals surface area contributed by atoms with Crippen LogP contribution in [0.2, 0.25) is 0 Å². The molecule has 2 aromatic carbocycles. The summed E-state index contributed by atoms with van der Waals surface area (Å²) in [6, 6.07) is 14.2. The fourth-order valence-corrected chi connectivity index (χ4v) is 4.98. The Kier molecular flexibility index (Phi) is 7.50. The van der Waals surface area contributed by atoms with Crippen LogP contribution in [0.15, 0.2) is 53.4 Å². The summed E-state index contributed by atoms with van der Waals surface area (Å²) in [6.45, 7) is 5.68. The average Bonchev–Trinajstić information content (AvgIpc) is 3.28. The molecule has 0 saturated carbocycles. The highest BCUT2D eigenvalue weighted by Gasteiger charge is 2.27. The zero-order valence-corrected chi connectivity index (χ0v) is 18.5. The normalized spacial score (nSPS) is 14.8. The first-order valence-corrected chi connectivity index (χ1v) is 11.9. The van der Waals surface area contributed by atoms with E-state index in [0.29, 0.717) is 25.2 Å². The predicted molar refractivity (Wildman–Crippen MR) is 117 cm³/mol. The molecule has 0 spiro atoms. The van der Waals surface area contributed by atoms with Gasteiger partial charge in [-0.25, -0.2) is 8.42 Å². The van der Waals surface area contributed by atoms with Gasteiger partial charge in [-0.2, -0.15) is 4.31 Å². The molecule has 1 heterocycles. The molecule has 0 unspecified atom stereocenters. The maximum absolute atomic E-state index is 12.6. The maximum atomic E-state index is 12.6. The van der Waals surface area contributed by atoms with Crippen molar-refractivity contribution in [3.63, 3.8) is 0 Å². The number of ether oxygens (including phenoxy) is 1. The molecule has 0 aromatic heterocycles. The summed E-state index contributed by atoms with van der Waals surface area (Å²) in [6.07, 6.45) is 3.62. The van der Waals surface area contributed by atoms with Crippen molar-refractivity contribution in [2.75, 3.05) is 19.6 Å². The van der Waals surface area contributed by atoms with Crippen molar-refractivity contribution < 1.29 is 17.9 Å². The molecule has 1 fully saturated rings. The minimum absolute atomic E-state index is 0.153. The largest absolute Gasteiger partial charge is 0.491 e. The number of carbonyl (C=O) groups is 1. The lowest BCUT2D eigenvalue weighted by molar-refractivity contribution is 0.0953. The smallest absolute Gasteiger partial charge is 0.251 e. The second kappa shape index (κ2) is 10.1. The molecule has 1 amide bonds. The lowest BCUT2D eigenvalue weighted by atomic mass is 10.1. The van der Waals surface area contributed by atoms with Gasteiger partial charge in [0.15, 0.2) is 0 Å². The van der Waals surface area contributed by atoms with Gasteiger partial charge in [0.25, 0.3) is 5.91 Å². The highest BCUT2D eigenvalue weighted by Crippen LogP contribution is 2.21. The van der Waals surface area contributed by atoms with E-state index in [0.717, 1.165) is 31.4 Å². The second-order valence-electron chi connectivity index (χ2n) is 7.81. The number of nitrogens with zero attached hydrogens (tertiary/aromatic N) is 1. The molecular formula is C23H30N2O4S. The van der Waals surface area contributed by atoms with Crippen LogP contribution in [0.4, 0.5) is 0 Å². The van der Waals surface area contributed by atoms with Crippen molar-refractivity contribution in [3.8, 4) is 5.75 Å². The Labute approximate surface area is 179 Å². The molecule has 1 N–H and O–H groups in total. The summed E-state index contributed by atoms with van der Waals surface area (Å²) in [7, 11) is -3.45. The molecule has 162 valence electrons. The van der Waals surface area contributed by atoms with E-state index in [4.69, 9.17) is 4.74 Å². The van der Waals surface area contributed by atoms with Gasteiger partial charge in [-0.1, -0.05) is 12.1 Å². The monoisotopic (exact) mass is 430 g/mol. The number of rotatable bonds is 9. The van der Waals surface area contributed by atoms with E-state index >= 15 is 0 Å². The lowest BCUT2D eigenvalue weighted by Crippen LogP contribution is -2.28. The summed E-state index contributed by atoms with van der Waals surface area (Å²) in [5.41, 5.74) is 1.65. The van der Waals surface area contributed by atoms with Crippen molar-refractivity contribution in [2.45, 2.75) is 50.5 Å². The number of aryl methyl sites for hydroxylation is 1. The highest BCUT2D eigenvalue weighted by atomic mass is 32.2. The van der Waals surface area contributed by atoms with Gasteiger partial charge in [-0.3, -0.25) is 4.79 Å². The van der Waals surface area contributed by atoms with E-state index in [1.165, 1.54) is 22.0 Å². The van der Waals surface area contributed by atoms with Gasteiger partial charge in [0.2, 0.25) is 10.0 Å². The third-order valence-corrected chi connectivity index (χ3v) is 6.96. The van der Waals surface area contributed by atoms with Gasteiger partial charge in [-0.15, -0.1) is 0 Å². The minimum atomic E-state index is -3.45. The minimum Gasteiger partial charge on any atom is -0.491 e. The number of hydrogen-bond donors (Lipinski definition) is 1. The van der Waals surface area contributed by atoms with Crippen LogP contribution in [0.1, 0.15) is 49.0 Å². The van der Waals surface area contributed by atoms with Crippen LogP contribution >= 0.6 is 0 Å². The number of hydrogen-bond acceptors (Lipinski definition) is 4. The molecule has 2 aromatic rings. The van der Waals surface area contributed by atoms with E-state index in [9.17, 15) is 13.2 Å². The summed E-state index contributed by atoms with van der Waals surface area (Å²) in [4.78, 5) is 12.6. The van der Waals surface area contributed by atoms with Crippen molar-refractivity contribution in [2.24, 2.45) is 0 Å². The van der Waals surface area contributed by atoms with Crippen LogP contribution in [0.25, 0.3) is 0 Å². The molecule has 0 bridgehead atoms. The van der Waals surface area contributed by atoms with Crippen LogP contribution in [0.3, 0.4) is 0 Å². The number of benzene rings is 2. The Balaban J connectivity index is 1.46. The Morgan fingerprint density at radius 3 is 2.27 bits per heavy atom. The summed E-state index contributed by atoms with van der Waals surface area (Å²) in [5, 5.41) is 2.90. The molecule has 6 nitrogen and oxygen atoms in total. The average molecular weight is 431 g/mol. The molecule has 1 saturated heterocycles. The summed E-state index contributed by atoms with van der Waals surface area (Å²) in [5.74, 6) is 0.665. The molecule has 1 aliphatic heterocycles. The number of carbonyl (C=O) groups excluding carboxylic acids is 1. The third-order valence-electron chi connectivity index (χ3n) is 5.04. The van der Waals surface area contributed by atoms with Crippen LogP contribution in [-0.4, -0.2) is 44.4 Å². The quantitative estimate of drug-likeness (QED) is 0.617. The molecule has 0 radical (unpaired) electrons. The maximum Gasteiger partial charge on any atom is 0.251 e. The first kappa shape index (κ1) is 22.3. The molecule has 0 atom stereocenters. The van der Waals surface area contributed by atoms with Crippen LogP contribution < -0.4 is 10.1 Å². The van der Waals surface area contributed by atoms with Gasteiger partial charge in [0.1, 0.15) is 5.75 Å². The molecule has 1 aliphatic rings. The topological polar surface area (TPSA) is 75.7 Å². The predicted octanol–water partition coefficient (Wildman–Crippen LogP) is 3.62. The zero-order chi connectivity index (χ0) is 21.6. The second-order valence-corrected chi connectivity index (χ2v) is 9.74. The molecule has 0 aliphatic carbocycles. The van der Waals surface area contributed by atoms with Crippen LogP contribution in [-0.2, 0) is 16.4 Å². The van der Waals surface area contributed by atoms with E-state index < -0.39 is 10.0 Å². The molecule has 7 heteroatoms. The van der Waals surface area contributed by atoms with Crippen LogP contribution in [0.5, 0.6) is 5.75 Å². The highest BCUT2D eigenvalue weighted by molar-refractivity contribution is 7.89. The lowest BCUT2D eigenvalue weighted by Gasteiger charge is -2.15. The van der Waals surface area contributed by atoms with Crippen LogP contribution in [0, 0.1) is 0 Å². The number of nitrogens with one attached hydrogen (secondary N) is 1. The van der Waals surface area contributed by atoms with E-state index in [2.05, 4.69) is 5.32 Å². The fraction of sp³-hybridized carbons (Fsp3) is 0.435. The van der Waals surface area contributed by atoms with E-state index in [1.807, 2.05) is 38.1 Å². The summed E-state index contributed by atoms with van der Waals surface area (Å²) >= 11 is 0. The first-order valence-electron chi connectivity index (χ1n) is 10.5. The zero-order valence-electron chi connectivity index (χ0n) is 17.6. The van der Waals surface area contributed by atoms with E-state index in [-0.39, 0.29) is 16.9 Å². The third kappa shape index (κ3) is 5.83. The molecule has 3 rings (SSSR count). The standard InChI is InChI=1S/C23H30N2O4S/c1-18(2)29-21-11-7-19(8-12-21)6-5-15-24-23(26)20-9-13-22(14-10-20)30(27,28)25-16-3-4-17-25/h7-14,18H,3-6,15-17H2,1-2H3,(H,24,26). The van der Waals surface area contributed by atoms with Gasteiger partial charge in [0.05, 0.1) is 11.0 Å². The van der Waals surface area contributed by atoms with Gasteiger partial charge >= 0.3 is 0 Å². The van der Waals surface area contributed by atoms with Crippen molar-refractivity contribution in [1.82, 2.24) is 9.62 Å². The van der Waals surface area contributed by atoms with Gasteiger partial charge < -0.3 is 10.1 Å². The fourth-order valence-electron chi connectivity index (χ4n) is 3.46. The van der Waals surface area contributed by atoms with Gasteiger partial charge in [-0.05, 0) is 81.5 Å². The Morgan fingerprint density at radius 1 is 1.03 bits per heavy atom. The van der Waals surface area contributed by atoms with Crippen molar-refractivity contribution in [1.29, 1.82) is 0 Å². The Hall–Kier alpha value is -2.38. The molecule has 30 heavy (non-hydrogen) atoms. The number of sulfonamides is 1. The SMILES string of the molecule is CC(C)Oc1ccc(CCCNC(=O)c2ccc(S(=O)(=O)N3CCCC3)cc2)cc1. The molecular weight excluding hydrogens is 400 g/mol. The Bertz CT molecular complexity index is 932. The van der Waals surface area contributed by atoms with E-state index in [1.54, 1.807) is 12.1 Å². The van der Waals surface area contributed by atoms with Crippen molar-refractivity contribution in [3.05, 3.63) is 59.7 Å². The number of amides is 1. The van der Waals surface area contributed by atoms with Gasteiger partial charge in [0, 0.05) is 25.2 Å². The first-order chi connectivity index (χ1) is 14.4. The Morgan fingerprint density at radius 2 is 1.67 bits per heavy atom. The van der Waals surface area contributed by atoms with Crippen molar-refractivity contribution >= 4 is 15.9 Å². The summed E-state index contributed by atoms with van der Waals surface area (Å²) < 4.78 is 32.2.